The van der Waals surface area contributed by atoms with E-state index in [0.29, 0.717) is 28.8 Å². The van der Waals surface area contributed by atoms with Crippen molar-refractivity contribution in [1.82, 2.24) is 15.3 Å². The van der Waals surface area contributed by atoms with Gasteiger partial charge in [-0.15, -0.1) is 0 Å². The summed E-state index contributed by atoms with van der Waals surface area (Å²) in [6.07, 6.45) is 3.51. The molecule has 13 heteroatoms. The molecule has 4 heterocycles. The Morgan fingerprint density at radius 2 is 1.19 bits per heavy atom. The highest BCUT2D eigenvalue weighted by Crippen LogP contribution is 2.40. The molecular weight excluding hydrogens is 808 g/mol. The minimum Gasteiger partial charge on any atom is -0.486 e. The number of carbonyl (C=O) groups is 2. The number of pyridine rings is 2. The minimum atomic E-state index is -0.909. The quantitative estimate of drug-likeness (QED) is 0.137. The molecule has 1 amide bonds. The van der Waals surface area contributed by atoms with Crippen molar-refractivity contribution in [1.29, 1.82) is 0 Å². The summed E-state index contributed by atoms with van der Waals surface area (Å²) in [6, 6.07) is 10.7. The molecule has 0 spiro atoms. The molecule has 0 saturated carbocycles. The van der Waals surface area contributed by atoms with Crippen LogP contribution in [0.2, 0.25) is 0 Å². The molecule has 2 aromatic carbocycles. The first-order chi connectivity index (χ1) is 24.7. The van der Waals surface area contributed by atoms with Crippen LogP contribution < -0.4 is 31.6 Å². The number of rotatable bonds is 5. The van der Waals surface area contributed by atoms with Gasteiger partial charge in [0.25, 0.3) is 17.0 Å². The summed E-state index contributed by atoms with van der Waals surface area (Å²) in [5.74, 6) is 0.468. The molecule has 2 aliphatic heterocycles. The van der Waals surface area contributed by atoms with Crippen LogP contribution in [0.15, 0.2) is 54.9 Å². The lowest BCUT2D eigenvalue weighted by atomic mass is 9.93. The van der Waals surface area contributed by atoms with Crippen molar-refractivity contribution < 1.29 is 24.2 Å². The van der Waals surface area contributed by atoms with Gasteiger partial charge in [0, 0.05) is 41.2 Å². The minimum absolute atomic E-state index is 0.0648. The Morgan fingerprint density at radius 3 is 1.62 bits per heavy atom. The topological polar surface area (TPSA) is 177 Å². The van der Waals surface area contributed by atoms with E-state index in [4.69, 9.17) is 20.3 Å². The van der Waals surface area contributed by atoms with Crippen molar-refractivity contribution in [3.05, 3.63) is 122 Å². The maximum Gasteiger partial charge on any atom is 0.335 e. The number of aromatic carboxylic acids is 1. The molecule has 284 valence electrons. The number of benzene rings is 2. The van der Waals surface area contributed by atoms with Crippen LogP contribution in [0, 0.1) is 27.7 Å². The van der Waals surface area contributed by atoms with Gasteiger partial charge in [0.2, 0.25) is 0 Å². The molecule has 11 nitrogen and oxygen atoms in total. The van der Waals surface area contributed by atoms with E-state index in [1.165, 1.54) is 0 Å². The molecule has 6 N–H and O–H groups in total. The number of aromatic nitrogens is 2. The Kier molecular flexibility index (Phi) is 13.2. The smallest absolute Gasteiger partial charge is 0.335 e. The molecule has 0 aliphatic carbocycles. The SMILES string of the molecule is CC1(C)CCc2cc(C(=O)O)cc(Br)c2O1.Cc1cc(C)c(CN)c(=O)[nH]1.Cc1cc(C)c(CNC(=O)c2cc(Br)c3c(c2)CCC(C)(C)O3)c(=O)[nH]1. The molecule has 2 aromatic heterocycles. The van der Waals surface area contributed by atoms with E-state index in [1.807, 2.05) is 59.7 Å². The number of aryl methyl sites for hydroxylation is 6. The lowest BCUT2D eigenvalue weighted by Gasteiger charge is -2.33. The predicted octanol–water partition coefficient (Wildman–Crippen LogP) is 7.49. The van der Waals surface area contributed by atoms with Gasteiger partial charge in [0.1, 0.15) is 22.7 Å². The van der Waals surface area contributed by atoms with Crippen LogP contribution in [0.5, 0.6) is 11.5 Å². The van der Waals surface area contributed by atoms with Gasteiger partial charge in [0.15, 0.2) is 0 Å². The lowest BCUT2D eigenvalue weighted by molar-refractivity contribution is 0.0694. The van der Waals surface area contributed by atoms with Crippen LogP contribution >= 0.6 is 31.9 Å². The number of nitrogens with one attached hydrogen (secondary N) is 3. The lowest BCUT2D eigenvalue weighted by Crippen LogP contribution is -2.33. The van der Waals surface area contributed by atoms with E-state index in [0.717, 1.165) is 79.8 Å². The summed E-state index contributed by atoms with van der Waals surface area (Å²) in [5.41, 5.74) is 12.4. The number of ether oxygens (including phenoxy) is 2. The second kappa shape index (κ2) is 16.9. The number of aromatic amines is 2. The van der Waals surface area contributed by atoms with E-state index in [9.17, 15) is 19.2 Å². The van der Waals surface area contributed by atoms with Gasteiger partial charge >= 0.3 is 5.97 Å². The van der Waals surface area contributed by atoms with E-state index in [2.05, 4.69) is 61.0 Å². The Bertz CT molecular complexity index is 2150. The van der Waals surface area contributed by atoms with Gasteiger partial charge in [-0.2, -0.15) is 0 Å². The summed E-state index contributed by atoms with van der Waals surface area (Å²) < 4.78 is 13.4. The zero-order valence-electron chi connectivity index (χ0n) is 31.4. The average molecular weight is 857 g/mol. The number of halogens is 2. The zero-order valence-corrected chi connectivity index (χ0v) is 34.6. The molecule has 0 saturated heterocycles. The largest absolute Gasteiger partial charge is 0.486 e. The maximum absolute atomic E-state index is 12.6. The molecule has 0 fully saturated rings. The van der Waals surface area contributed by atoms with Crippen LogP contribution in [0.25, 0.3) is 0 Å². The fourth-order valence-corrected chi connectivity index (χ4v) is 7.35. The number of amides is 1. The third-order valence-corrected chi connectivity index (χ3v) is 10.3. The van der Waals surface area contributed by atoms with Crippen LogP contribution in [-0.4, -0.2) is 38.2 Å². The van der Waals surface area contributed by atoms with Crippen molar-refractivity contribution in [2.24, 2.45) is 5.73 Å². The first-order valence-electron chi connectivity index (χ1n) is 17.3. The molecule has 0 unspecified atom stereocenters. The van der Waals surface area contributed by atoms with Gasteiger partial charge in [0.05, 0.1) is 14.5 Å². The van der Waals surface area contributed by atoms with Gasteiger partial charge in [-0.1, -0.05) is 0 Å². The maximum atomic E-state index is 12.6. The van der Waals surface area contributed by atoms with Crippen molar-refractivity contribution in [2.45, 2.75) is 105 Å². The normalized spacial score (nSPS) is 14.8. The highest BCUT2D eigenvalue weighted by Gasteiger charge is 2.30. The monoisotopic (exact) mass is 854 g/mol. The van der Waals surface area contributed by atoms with E-state index in [1.54, 1.807) is 18.2 Å². The van der Waals surface area contributed by atoms with Crippen molar-refractivity contribution in [3.8, 4) is 11.5 Å². The fourth-order valence-electron chi connectivity index (χ4n) is 6.19. The van der Waals surface area contributed by atoms with E-state index >= 15 is 0 Å². The first kappa shape index (κ1) is 41.6. The van der Waals surface area contributed by atoms with Crippen molar-refractivity contribution in [2.75, 3.05) is 0 Å². The zero-order chi connectivity index (χ0) is 39.4. The number of H-pyrrole nitrogens is 2. The molecule has 0 bridgehead atoms. The molecule has 4 aromatic rings. The molecule has 2 aliphatic rings. The molecule has 53 heavy (non-hydrogen) atoms. The third kappa shape index (κ3) is 10.7. The summed E-state index contributed by atoms with van der Waals surface area (Å²) >= 11 is 6.88. The van der Waals surface area contributed by atoms with Gasteiger partial charge in [-0.3, -0.25) is 14.4 Å². The number of hydrogen-bond acceptors (Lipinski definition) is 7. The standard InChI is InChI=1S/C20H23BrN2O3.C12H13BrO3.C8H12N2O/c1-11-7-12(2)23-19(25)15(11)10-22-18(24)14-8-13-5-6-20(3,4)26-17(13)16(21)9-14;1-12(2)4-3-7-5-8(11(14)15)6-9(13)10(7)16-12;1-5-3-6(2)10-8(11)7(5)4-9/h7-9H,5-6,10H2,1-4H3,(H,22,24)(H,23,25);5-6H,3-4H2,1-2H3,(H,14,15);3H,4,9H2,1-2H3,(H,10,11). The first-order valence-corrected chi connectivity index (χ1v) is 18.9. The summed E-state index contributed by atoms with van der Waals surface area (Å²) in [6.45, 7) is 16.2. The van der Waals surface area contributed by atoms with Crippen molar-refractivity contribution >= 4 is 43.7 Å². The highest BCUT2D eigenvalue weighted by molar-refractivity contribution is 9.11. The molecular formula is C40H48Br2N4O7. The fraction of sp³-hybridized carbons (Fsp3) is 0.400. The Morgan fingerprint density at radius 1 is 0.755 bits per heavy atom. The number of nitrogens with two attached hydrogens (primary N) is 1. The number of carboxylic acids is 1. The number of carboxylic acid groups (broad SMARTS) is 1. The van der Waals surface area contributed by atoms with Gasteiger partial charge < -0.3 is 35.6 Å². The summed E-state index contributed by atoms with van der Waals surface area (Å²) in [7, 11) is 0. The summed E-state index contributed by atoms with van der Waals surface area (Å²) in [4.78, 5) is 52.2. The molecule has 6 rings (SSSR count). The highest BCUT2D eigenvalue weighted by atomic mass is 79.9. The molecule has 0 radical (unpaired) electrons. The number of fused-ring (bicyclic) bond motifs is 2. The number of carbonyl (C=O) groups excluding carboxylic acids is 1. The Labute approximate surface area is 326 Å². The van der Waals surface area contributed by atoms with Gasteiger partial charge in [-0.25, -0.2) is 4.79 Å². The van der Waals surface area contributed by atoms with E-state index < -0.39 is 5.97 Å². The van der Waals surface area contributed by atoms with Crippen molar-refractivity contribution in [3.63, 3.8) is 0 Å². The third-order valence-electron chi connectivity index (χ3n) is 9.12. The van der Waals surface area contributed by atoms with E-state index in [-0.39, 0.29) is 34.8 Å². The molecule has 0 atom stereocenters. The Hall–Kier alpha value is -4.20. The van der Waals surface area contributed by atoms with Crippen LogP contribution in [0.3, 0.4) is 0 Å². The average Bonchev–Trinajstić information content (AvgIpc) is 3.04. The van der Waals surface area contributed by atoms with Crippen LogP contribution in [0.1, 0.15) is 106 Å². The predicted molar refractivity (Wildman–Crippen MR) is 213 cm³/mol. The number of hydrogen-bond donors (Lipinski definition) is 5. The summed E-state index contributed by atoms with van der Waals surface area (Å²) in [5, 5.41) is 11.8. The second-order valence-electron chi connectivity index (χ2n) is 14.7. The Balaban J connectivity index is 0.000000197. The second-order valence-corrected chi connectivity index (χ2v) is 16.4. The van der Waals surface area contributed by atoms with Gasteiger partial charge in [-0.05, 0) is 172 Å². The van der Waals surface area contributed by atoms with Crippen LogP contribution in [-0.2, 0) is 25.9 Å². The van der Waals surface area contributed by atoms with Crippen LogP contribution in [0.4, 0.5) is 0 Å².